The largest absolute Gasteiger partial charge is 0.490 e. The molecule has 53 heavy (non-hydrogen) atoms. The van der Waals surface area contributed by atoms with Crippen molar-refractivity contribution in [2.75, 3.05) is 23.0 Å². The Bertz CT molecular complexity index is 2010. The second kappa shape index (κ2) is 14.4. The molecule has 0 aromatic heterocycles. The van der Waals surface area contributed by atoms with Crippen LogP contribution in [-0.4, -0.2) is 13.2 Å². The molecule has 5 aromatic rings. The smallest absolute Gasteiger partial charge is 0.163 e. The van der Waals surface area contributed by atoms with Crippen LogP contribution in [0, 0.1) is 20.8 Å². The van der Waals surface area contributed by atoms with Crippen molar-refractivity contribution in [3.8, 4) is 11.5 Å². The first kappa shape index (κ1) is 38.3. The molecule has 5 aromatic carbocycles. The van der Waals surface area contributed by atoms with Gasteiger partial charge in [-0.1, -0.05) is 110 Å². The standard InChI is InChI=1S/C48H57ClN2O2/c1-31-26-40(50(37-18-14-34(15-19-37)46(4,5)6)38-20-16-35(17-21-38)47(7,8)9)44(49)41(27-31)51(39-22-23-42-43(30-39)53-25-13-24-52-42)45-32(2)28-36(29-33(45)3)48(10,11)12/h14-23,26-30H,13,24-25H2,1-12H3. The van der Waals surface area contributed by atoms with Crippen LogP contribution in [0.1, 0.15) is 102 Å². The van der Waals surface area contributed by atoms with Gasteiger partial charge in [-0.15, -0.1) is 0 Å². The Kier molecular flexibility index (Phi) is 10.4. The minimum atomic E-state index is 0.00779. The van der Waals surface area contributed by atoms with Crippen LogP contribution in [0.25, 0.3) is 0 Å². The first-order valence-corrected chi connectivity index (χ1v) is 19.3. The third-order valence-electron chi connectivity index (χ3n) is 10.2. The molecule has 278 valence electrons. The van der Waals surface area contributed by atoms with Crippen LogP contribution >= 0.6 is 11.6 Å². The summed E-state index contributed by atoms with van der Waals surface area (Å²) in [6, 6.07) is 33.1. The van der Waals surface area contributed by atoms with E-state index in [0.717, 1.165) is 57.6 Å². The molecule has 5 heteroatoms. The Balaban J connectivity index is 1.61. The molecular formula is C48H57ClN2O2. The number of fused-ring (bicyclic) bond motifs is 1. The summed E-state index contributed by atoms with van der Waals surface area (Å²) >= 11 is 7.82. The molecule has 1 aliphatic heterocycles. The Morgan fingerprint density at radius 2 is 0.925 bits per heavy atom. The second-order valence-corrected chi connectivity index (χ2v) is 18.1. The summed E-state index contributed by atoms with van der Waals surface area (Å²) in [5.41, 5.74) is 13.3. The molecule has 0 amide bonds. The molecular weight excluding hydrogens is 672 g/mol. The summed E-state index contributed by atoms with van der Waals surface area (Å²) in [7, 11) is 0. The molecule has 4 nitrogen and oxygen atoms in total. The number of anilines is 6. The summed E-state index contributed by atoms with van der Waals surface area (Å²) in [6.07, 6.45) is 0.844. The van der Waals surface area contributed by atoms with E-state index in [1.54, 1.807) is 0 Å². The number of hydrogen-bond donors (Lipinski definition) is 0. The molecule has 1 aliphatic rings. The summed E-state index contributed by atoms with van der Waals surface area (Å²) in [5, 5.41) is 0.654. The Morgan fingerprint density at radius 3 is 1.40 bits per heavy atom. The number of nitrogens with zero attached hydrogens (tertiary/aromatic N) is 2. The number of halogens is 1. The fourth-order valence-electron chi connectivity index (χ4n) is 7.13. The van der Waals surface area contributed by atoms with Crippen molar-refractivity contribution in [3.05, 3.63) is 129 Å². The van der Waals surface area contributed by atoms with Gasteiger partial charge in [-0.3, -0.25) is 0 Å². The van der Waals surface area contributed by atoms with Gasteiger partial charge in [0.25, 0.3) is 0 Å². The van der Waals surface area contributed by atoms with Gasteiger partial charge >= 0.3 is 0 Å². The Morgan fingerprint density at radius 1 is 0.491 bits per heavy atom. The number of hydrogen-bond acceptors (Lipinski definition) is 4. The molecule has 0 spiro atoms. The van der Waals surface area contributed by atoms with Crippen LogP contribution in [0.5, 0.6) is 11.5 Å². The minimum Gasteiger partial charge on any atom is -0.490 e. The highest BCUT2D eigenvalue weighted by molar-refractivity contribution is 6.36. The maximum Gasteiger partial charge on any atom is 0.163 e. The van der Waals surface area contributed by atoms with E-state index in [9.17, 15) is 0 Å². The van der Waals surface area contributed by atoms with Crippen LogP contribution in [0.3, 0.4) is 0 Å². The number of ether oxygens (including phenoxy) is 2. The average Bonchev–Trinajstić information content (AvgIpc) is 3.32. The highest BCUT2D eigenvalue weighted by atomic mass is 35.5. The predicted octanol–water partition coefficient (Wildman–Crippen LogP) is 14.3. The van der Waals surface area contributed by atoms with Gasteiger partial charge in [0, 0.05) is 23.9 Å². The van der Waals surface area contributed by atoms with Gasteiger partial charge in [0.2, 0.25) is 0 Å². The lowest BCUT2D eigenvalue weighted by molar-refractivity contribution is 0.297. The number of rotatable bonds is 6. The van der Waals surface area contributed by atoms with E-state index in [1.165, 1.54) is 27.8 Å². The van der Waals surface area contributed by atoms with E-state index in [4.69, 9.17) is 21.1 Å². The van der Waals surface area contributed by atoms with Crippen LogP contribution in [0.2, 0.25) is 5.02 Å². The van der Waals surface area contributed by atoms with Crippen molar-refractivity contribution in [3.63, 3.8) is 0 Å². The average molecular weight is 729 g/mol. The summed E-state index contributed by atoms with van der Waals surface area (Å²) in [5.74, 6) is 1.51. The van der Waals surface area contributed by atoms with Gasteiger partial charge in [-0.25, -0.2) is 0 Å². The maximum absolute atomic E-state index is 7.82. The minimum absolute atomic E-state index is 0.00779. The van der Waals surface area contributed by atoms with Crippen molar-refractivity contribution in [1.29, 1.82) is 0 Å². The predicted molar refractivity (Wildman–Crippen MR) is 227 cm³/mol. The molecule has 6 rings (SSSR count). The van der Waals surface area contributed by atoms with Gasteiger partial charge in [0.05, 0.1) is 41.0 Å². The molecule has 1 heterocycles. The van der Waals surface area contributed by atoms with E-state index in [2.05, 4.69) is 178 Å². The summed E-state index contributed by atoms with van der Waals surface area (Å²) in [4.78, 5) is 4.61. The van der Waals surface area contributed by atoms with E-state index >= 15 is 0 Å². The van der Waals surface area contributed by atoms with Gasteiger partial charge in [-0.05, 0) is 119 Å². The third kappa shape index (κ3) is 8.09. The fourth-order valence-corrected chi connectivity index (χ4v) is 7.40. The van der Waals surface area contributed by atoms with Crippen molar-refractivity contribution in [2.45, 2.75) is 106 Å². The lowest BCUT2D eigenvalue weighted by atomic mass is 9.84. The topological polar surface area (TPSA) is 24.9 Å². The van der Waals surface area contributed by atoms with E-state index in [1.807, 2.05) is 6.07 Å². The quantitative estimate of drug-likeness (QED) is 0.174. The van der Waals surface area contributed by atoms with Gasteiger partial charge in [-0.2, -0.15) is 0 Å². The van der Waals surface area contributed by atoms with Crippen LogP contribution < -0.4 is 19.3 Å². The lowest BCUT2D eigenvalue weighted by Crippen LogP contribution is -2.18. The van der Waals surface area contributed by atoms with E-state index in [0.29, 0.717) is 18.2 Å². The second-order valence-electron chi connectivity index (χ2n) is 17.8. The molecule has 0 N–H and O–H groups in total. The van der Waals surface area contributed by atoms with Crippen molar-refractivity contribution in [1.82, 2.24) is 0 Å². The van der Waals surface area contributed by atoms with Crippen molar-refractivity contribution < 1.29 is 9.47 Å². The van der Waals surface area contributed by atoms with Gasteiger partial charge in [0.15, 0.2) is 11.5 Å². The zero-order valence-corrected chi connectivity index (χ0v) is 34.6. The number of benzene rings is 5. The van der Waals surface area contributed by atoms with Crippen LogP contribution in [0.4, 0.5) is 34.1 Å². The summed E-state index contributed by atoms with van der Waals surface area (Å²) < 4.78 is 12.3. The Hall–Kier alpha value is -4.41. The van der Waals surface area contributed by atoms with Gasteiger partial charge in [0.1, 0.15) is 0 Å². The Labute approximate surface area is 323 Å². The number of aryl methyl sites for hydroxylation is 3. The van der Waals surface area contributed by atoms with Crippen LogP contribution in [-0.2, 0) is 16.2 Å². The fraction of sp³-hybridized carbons (Fsp3) is 0.375. The van der Waals surface area contributed by atoms with Crippen molar-refractivity contribution in [2.24, 2.45) is 0 Å². The van der Waals surface area contributed by atoms with Gasteiger partial charge < -0.3 is 19.3 Å². The summed E-state index contributed by atoms with van der Waals surface area (Å²) in [6.45, 7) is 28.1. The van der Waals surface area contributed by atoms with E-state index < -0.39 is 0 Å². The molecule has 0 unspecified atom stereocenters. The zero-order valence-electron chi connectivity index (χ0n) is 33.9. The SMILES string of the molecule is Cc1cc(N(c2ccc(C(C)(C)C)cc2)c2ccc(C(C)(C)C)cc2)c(Cl)c(N(c2ccc3c(c2)OCCCO3)c2c(C)cc(C(C)(C)C)cc2C)c1. The molecule has 0 bridgehead atoms. The molecule has 0 atom stereocenters. The van der Waals surface area contributed by atoms with E-state index in [-0.39, 0.29) is 16.2 Å². The van der Waals surface area contributed by atoms with Crippen molar-refractivity contribution >= 4 is 45.7 Å². The van der Waals surface area contributed by atoms with Crippen LogP contribution in [0.15, 0.2) is 91.0 Å². The highest BCUT2D eigenvalue weighted by Crippen LogP contribution is 2.50. The zero-order chi connectivity index (χ0) is 38.5. The first-order valence-electron chi connectivity index (χ1n) is 19.0. The lowest BCUT2D eigenvalue weighted by Gasteiger charge is -2.34. The third-order valence-corrected chi connectivity index (χ3v) is 10.6. The molecule has 0 saturated heterocycles. The molecule has 0 aliphatic carbocycles. The monoisotopic (exact) mass is 728 g/mol. The normalized spacial score (nSPS) is 13.5. The maximum atomic E-state index is 7.82. The molecule has 0 radical (unpaired) electrons. The first-order chi connectivity index (χ1) is 24.8. The highest BCUT2D eigenvalue weighted by Gasteiger charge is 2.28. The molecule has 0 fully saturated rings. The molecule has 0 saturated carbocycles.